The van der Waals surface area contributed by atoms with Gasteiger partial charge in [0.15, 0.2) is 5.96 Å². The highest BCUT2D eigenvalue weighted by molar-refractivity contribution is 14.0. The van der Waals surface area contributed by atoms with Gasteiger partial charge in [0.1, 0.15) is 11.4 Å². The lowest BCUT2D eigenvalue weighted by molar-refractivity contribution is 0.0522. The zero-order valence-electron chi connectivity index (χ0n) is 18.3. The van der Waals surface area contributed by atoms with E-state index in [2.05, 4.69) is 27.9 Å². The van der Waals surface area contributed by atoms with E-state index in [1.807, 2.05) is 26.8 Å². The van der Waals surface area contributed by atoms with Crippen LogP contribution < -0.4 is 16.0 Å². The van der Waals surface area contributed by atoms with Crippen LogP contribution in [0, 0.1) is 17.1 Å². The fourth-order valence-corrected chi connectivity index (χ4v) is 2.54. The van der Waals surface area contributed by atoms with Crippen LogP contribution in [0.4, 0.5) is 9.18 Å². The molecule has 9 heteroatoms. The van der Waals surface area contributed by atoms with Gasteiger partial charge in [-0.1, -0.05) is 19.8 Å². The molecule has 0 saturated heterocycles. The Morgan fingerprint density at radius 3 is 2.60 bits per heavy atom. The van der Waals surface area contributed by atoms with Crippen molar-refractivity contribution in [3.8, 4) is 6.07 Å². The van der Waals surface area contributed by atoms with E-state index >= 15 is 0 Å². The molecule has 0 aliphatic rings. The van der Waals surface area contributed by atoms with Crippen molar-refractivity contribution < 1.29 is 13.9 Å². The zero-order valence-corrected chi connectivity index (χ0v) is 20.7. The van der Waals surface area contributed by atoms with Crippen LogP contribution in [-0.4, -0.2) is 37.3 Å². The first kappa shape index (κ1) is 27.9. The van der Waals surface area contributed by atoms with Crippen molar-refractivity contribution in [1.82, 2.24) is 16.0 Å². The van der Waals surface area contributed by atoms with Gasteiger partial charge in [-0.2, -0.15) is 5.26 Å². The van der Waals surface area contributed by atoms with E-state index in [9.17, 15) is 9.18 Å². The molecule has 0 aromatic heterocycles. The number of hydrogen-bond donors (Lipinski definition) is 3. The van der Waals surface area contributed by atoms with Gasteiger partial charge in [-0.25, -0.2) is 9.18 Å². The molecule has 1 aromatic rings. The molecule has 1 rings (SSSR count). The van der Waals surface area contributed by atoms with Gasteiger partial charge in [0.2, 0.25) is 0 Å². The second kappa shape index (κ2) is 14.0. The van der Waals surface area contributed by atoms with Gasteiger partial charge in [0, 0.05) is 31.7 Å². The molecule has 0 spiro atoms. The molecular formula is C21H33FIN5O2. The summed E-state index contributed by atoms with van der Waals surface area (Å²) in [5, 5.41) is 18.1. The molecule has 0 bridgehead atoms. The third-order valence-corrected chi connectivity index (χ3v) is 3.98. The maximum atomic E-state index is 14.0. The minimum Gasteiger partial charge on any atom is -0.444 e. The summed E-state index contributed by atoms with van der Waals surface area (Å²) in [4.78, 5) is 16.1. The maximum Gasteiger partial charge on any atom is 0.407 e. The molecule has 0 fully saturated rings. The number of hydrogen-bond acceptors (Lipinski definition) is 4. The van der Waals surface area contributed by atoms with Crippen LogP contribution in [0.3, 0.4) is 0 Å². The molecule has 7 nitrogen and oxygen atoms in total. The molecule has 1 aromatic carbocycles. The van der Waals surface area contributed by atoms with Crippen molar-refractivity contribution in [2.24, 2.45) is 4.99 Å². The number of benzene rings is 1. The summed E-state index contributed by atoms with van der Waals surface area (Å²) in [6, 6.07) is 6.16. The molecule has 0 aliphatic heterocycles. The Morgan fingerprint density at radius 1 is 1.33 bits per heavy atom. The maximum absolute atomic E-state index is 14.0. The predicted octanol–water partition coefficient (Wildman–Crippen LogP) is 4.06. The highest BCUT2D eigenvalue weighted by atomic mass is 127. The smallest absolute Gasteiger partial charge is 0.407 e. The molecule has 1 amide bonds. The average Bonchev–Trinajstić information content (AvgIpc) is 2.66. The number of halogens is 2. The van der Waals surface area contributed by atoms with Crippen LogP contribution in [0.15, 0.2) is 23.2 Å². The van der Waals surface area contributed by atoms with Crippen LogP contribution in [-0.2, 0) is 11.3 Å². The van der Waals surface area contributed by atoms with E-state index in [1.165, 1.54) is 18.2 Å². The number of amides is 1. The van der Waals surface area contributed by atoms with Gasteiger partial charge in [0.25, 0.3) is 0 Å². The monoisotopic (exact) mass is 533 g/mol. The number of ether oxygens (including phenoxy) is 1. The Kier molecular flexibility index (Phi) is 13.0. The summed E-state index contributed by atoms with van der Waals surface area (Å²) in [6.07, 6.45) is 2.34. The third kappa shape index (κ3) is 11.2. The topological polar surface area (TPSA) is 98.5 Å². The molecule has 0 saturated carbocycles. The van der Waals surface area contributed by atoms with Crippen molar-refractivity contribution in [3.05, 3.63) is 35.1 Å². The first-order valence-electron chi connectivity index (χ1n) is 9.81. The number of nitrogens with one attached hydrogen (secondary N) is 3. The fourth-order valence-electron chi connectivity index (χ4n) is 2.54. The number of aliphatic imine (C=N–C) groups is 1. The van der Waals surface area contributed by atoms with E-state index in [0.29, 0.717) is 23.6 Å². The highest BCUT2D eigenvalue weighted by Crippen LogP contribution is 2.10. The highest BCUT2D eigenvalue weighted by Gasteiger charge is 2.18. The second-order valence-electron chi connectivity index (χ2n) is 7.71. The molecular weight excluding hydrogens is 500 g/mol. The summed E-state index contributed by atoms with van der Waals surface area (Å²) < 4.78 is 19.2. The molecule has 3 N–H and O–H groups in total. The van der Waals surface area contributed by atoms with Crippen LogP contribution in [0.25, 0.3) is 0 Å². The number of nitrogens with zero attached hydrogens (tertiary/aromatic N) is 2. The van der Waals surface area contributed by atoms with Gasteiger partial charge < -0.3 is 20.7 Å². The average molecular weight is 533 g/mol. The van der Waals surface area contributed by atoms with Gasteiger partial charge in [-0.05, 0) is 45.4 Å². The van der Waals surface area contributed by atoms with Crippen LogP contribution in [0.5, 0.6) is 0 Å². The number of nitriles is 1. The normalized spacial score (nSPS) is 12.2. The number of carbonyl (C=O) groups is 1. The summed E-state index contributed by atoms with van der Waals surface area (Å²) in [7, 11) is 1.62. The van der Waals surface area contributed by atoms with Crippen LogP contribution >= 0.6 is 24.0 Å². The standard InChI is InChI=1S/C21H32FN5O2.HI/c1-6-7-8-17(14-26-20(28)29-21(2,3)4)27-19(24-5)25-13-16-11-15(12-23)9-10-18(16)22;/h9-11,17H,6-8,13-14H2,1-5H3,(H,26,28)(H2,24,25,27);1H. The van der Waals surface area contributed by atoms with Gasteiger partial charge in [0.05, 0.1) is 11.6 Å². The first-order chi connectivity index (χ1) is 13.7. The Bertz CT molecular complexity index is 744. The Balaban J connectivity index is 0.00000841. The van der Waals surface area contributed by atoms with Crippen LogP contribution in [0.2, 0.25) is 0 Å². The lowest BCUT2D eigenvalue weighted by atomic mass is 10.1. The minimum atomic E-state index is -0.559. The SMILES string of the molecule is CCCCC(CNC(=O)OC(C)(C)C)NC(=NC)NCc1cc(C#N)ccc1F.I. The Labute approximate surface area is 195 Å². The summed E-state index contributed by atoms with van der Waals surface area (Å²) in [5.74, 6) is 0.0972. The molecule has 1 unspecified atom stereocenters. The fraction of sp³-hybridized carbons (Fsp3) is 0.571. The Morgan fingerprint density at radius 2 is 2.03 bits per heavy atom. The van der Waals surface area contributed by atoms with E-state index in [0.717, 1.165) is 19.3 Å². The molecule has 1 atom stereocenters. The second-order valence-corrected chi connectivity index (χ2v) is 7.71. The van der Waals surface area contributed by atoms with Crippen molar-refractivity contribution in [2.75, 3.05) is 13.6 Å². The van der Waals surface area contributed by atoms with Crippen molar-refractivity contribution in [1.29, 1.82) is 5.26 Å². The van der Waals surface area contributed by atoms with E-state index < -0.39 is 11.7 Å². The molecule has 30 heavy (non-hydrogen) atoms. The number of unbranched alkanes of at least 4 members (excludes halogenated alkanes) is 1. The number of rotatable bonds is 8. The van der Waals surface area contributed by atoms with Gasteiger partial charge in [-0.15, -0.1) is 24.0 Å². The summed E-state index contributed by atoms with van der Waals surface area (Å²) >= 11 is 0. The first-order valence-corrected chi connectivity index (χ1v) is 9.81. The molecule has 0 aliphatic carbocycles. The van der Waals surface area contributed by atoms with Crippen LogP contribution in [0.1, 0.15) is 58.1 Å². The van der Waals surface area contributed by atoms with E-state index in [1.54, 1.807) is 7.05 Å². The quantitative estimate of drug-likeness (QED) is 0.266. The summed E-state index contributed by atoms with van der Waals surface area (Å²) in [6.45, 7) is 8.08. The van der Waals surface area contributed by atoms with E-state index in [4.69, 9.17) is 10.00 Å². The van der Waals surface area contributed by atoms with Gasteiger partial charge in [-0.3, -0.25) is 4.99 Å². The van der Waals surface area contributed by atoms with Gasteiger partial charge >= 0.3 is 6.09 Å². The lowest BCUT2D eigenvalue weighted by Gasteiger charge is -2.24. The molecule has 0 radical (unpaired) electrons. The Hall–Kier alpha value is -2.09. The number of guanidine groups is 1. The van der Waals surface area contributed by atoms with Crippen molar-refractivity contribution in [3.63, 3.8) is 0 Å². The van der Waals surface area contributed by atoms with Crippen molar-refractivity contribution in [2.45, 2.75) is 65.1 Å². The zero-order chi connectivity index (χ0) is 21.9. The number of carbonyl (C=O) groups excluding carboxylic acids is 1. The van der Waals surface area contributed by atoms with Crippen molar-refractivity contribution >= 4 is 36.0 Å². The third-order valence-electron chi connectivity index (χ3n) is 3.98. The molecule has 168 valence electrons. The number of alkyl carbamates (subject to hydrolysis) is 1. The van der Waals surface area contributed by atoms with E-state index in [-0.39, 0.29) is 42.4 Å². The largest absolute Gasteiger partial charge is 0.444 e. The lowest BCUT2D eigenvalue weighted by Crippen LogP contribution is -2.48. The predicted molar refractivity (Wildman–Crippen MR) is 127 cm³/mol. The summed E-state index contributed by atoms with van der Waals surface area (Å²) in [5.41, 5.74) is 0.216. The molecule has 0 heterocycles. The minimum absolute atomic E-state index is 0.